The van der Waals surface area contributed by atoms with Crippen LogP contribution < -0.4 is 0 Å². The molecule has 0 aromatic rings. The largest absolute Gasteiger partial charge is 0.280 e. The van der Waals surface area contributed by atoms with E-state index in [4.69, 9.17) is 12.2 Å². The van der Waals surface area contributed by atoms with E-state index in [-0.39, 0.29) is 6.04 Å². The molecule has 0 bridgehead atoms. The summed E-state index contributed by atoms with van der Waals surface area (Å²) in [5.74, 6) is 0. The zero-order valence-corrected chi connectivity index (χ0v) is 11.2. The maximum atomic E-state index is 9.17. The van der Waals surface area contributed by atoms with Gasteiger partial charge in [0, 0.05) is 17.5 Å². The van der Waals surface area contributed by atoms with Crippen LogP contribution in [0.5, 0.6) is 0 Å². The third kappa shape index (κ3) is 3.54. The number of thiocarbonyl (C=S) groups is 1. The first kappa shape index (κ1) is 13.6. The van der Waals surface area contributed by atoms with E-state index in [1.165, 1.54) is 19.3 Å². The number of nitrogens with zero attached hydrogens (tertiary/aromatic N) is 2. The Bertz CT molecular complexity index is 270. The average molecular weight is 238 g/mol. The first-order chi connectivity index (χ1) is 7.72. The number of nitriles is 1. The molecule has 2 unspecified atom stereocenters. The van der Waals surface area contributed by atoms with E-state index in [0.717, 1.165) is 30.7 Å². The summed E-state index contributed by atoms with van der Waals surface area (Å²) in [6, 6.07) is 3.05. The summed E-state index contributed by atoms with van der Waals surface area (Å²) in [5, 5.41) is 9.17. The molecule has 0 amide bonds. The Hall–Kier alpha value is -0.460. The van der Waals surface area contributed by atoms with E-state index >= 15 is 0 Å². The number of hydrogen-bond acceptors (Lipinski definition) is 3. The van der Waals surface area contributed by atoms with Crippen molar-refractivity contribution in [2.75, 3.05) is 6.54 Å². The van der Waals surface area contributed by atoms with E-state index in [2.05, 4.69) is 24.8 Å². The molecule has 2 atom stereocenters. The number of likely N-dealkylation sites (tertiary alicyclic amines) is 1. The minimum Gasteiger partial charge on any atom is -0.280 e. The number of piperidine rings is 1. The second-order valence-corrected chi connectivity index (χ2v) is 5.18. The molecule has 0 N–H and O–H groups in total. The summed E-state index contributed by atoms with van der Waals surface area (Å²) in [6.07, 6.45) is 6.84. The molecule has 16 heavy (non-hydrogen) atoms. The summed E-state index contributed by atoms with van der Waals surface area (Å²) in [7, 11) is 0. The van der Waals surface area contributed by atoms with Crippen molar-refractivity contribution in [3.05, 3.63) is 0 Å². The second-order valence-electron chi connectivity index (χ2n) is 4.60. The van der Waals surface area contributed by atoms with Crippen LogP contribution in [0.1, 0.15) is 52.4 Å². The molecule has 0 aromatic heterocycles. The normalized spacial score (nSPS) is 24.1. The SMILES string of the molecule is CCCCC1CCC(=S)CN1C(C#N)CC. The lowest BCUT2D eigenvalue weighted by Crippen LogP contribution is -2.48. The van der Waals surface area contributed by atoms with Crippen molar-refractivity contribution in [2.45, 2.75) is 64.5 Å². The summed E-state index contributed by atoms with van der Waals surface area (Å²) in [4.78, 5) is 3.46. The minimum atomic E-state index is 0.0557. The fourth-order valence-corrected chi connectivity index (χ4v) is 2.69. The number of unbranched alkanes of at least 4 members (excludes halogenated alkanes) is 1. The highest BCUT2D eigenvalue weighted by atomic mass is 32.1. The molecule has 90 valence electrons. The van der Waals surface area contributed by atoms with Gasteiger partial charge in [0.15, 0.2) is 0 Å². The quantitative estimate of drug-likeness (QED) is 0.688. The molecule has 2 nitrogen and oxygen atoms in total. The molecule has 1 fully saturated rings. The van der Waals surface area contributed by atoms with Crippen molar-refractivity contribution in [3.63, 3.8) is 0 Å². The van der Waals surface area contributed by atoms with Crippen molar-refractivity contribution in [1.29, 1.82) is 5.26 Å². The standard InChI is InChI=1S/C13H22N2S/c1-3-5-6-12-7-8-13(16)10-15(12)11(4-2)9-14/h11-12H,3-8,10H2,1-2H3. The molecular formula is C13H22N2S. The molecule has 1 rings (SSSR count). The highest BCUT2D eigenvalue weighted by Crippen LogP contribution is 2.23. The lowest BCUT2D eigenvalue weighted by molar-refractivity contribution is 0.154. The first-order valence-corrected chi connectivity index (χ1v) is 6.80. The van der Waals surface area contributed by atoms with Crippen molar-refractivity contribution >= 4 is 17.1 Å². The molecule has 0 aliphatic carbocycles. The van der Waals surface area contributed by atoms with Crippen LogP contribution in [0.2, 0.25) is 0 Å². The monoisotopic (exact) mass is 238 g/mol. The number of rotatable bonds is 5. The van der Waals surface area contributed by atoms with Crippen LogP contribution in [0.4, 0.5) is 0 Å². The fraction of sp³-hybridized carbons (Fsp3) is 0.846. The zero-order valence-electron chi connectivity index (χ0n) is 10.4. The van der Waals surface area contributed by atoms with E-state index < -0.39 is 0 Å². The van der Waals surface area contributed by atoms with Gasteiger partial charge in [0.25, 0.3) is 0 Å². The maximum Gasteiger partial charge on any atom is 0.0980 e. The smallest absolute Gasteiger partial charge is 0.0980 e. The summed E-state index contributed by atoms with van der Waals surface area (Å²) in [5.41, 5.74) is 0. The van der Waals surface area contributed by atoms with Crippen molar-refractivity contribution in [3.8, 4) is 6.07 Å². The molecule has 0 radical (unpaired) electrons. The van der Waals surface area contributed by atoms with E-state index in [1.54, 1.807) is 0 Å². The third-order valence-electron chi connectivity index (χ3n) is 3.41. The Morgan fingerprint density at radius 3 is 2.88 bits per heavy atom. The molecule has 3 heteroatoms. The van der Waals surface area contributed by atoms with E-state index in [1.807, 2.05) is 0 Å². The van der Waals surface area contributed by atoms with Crippen LogP contribution in [0.15, 0.2) is 0 Å². The predicted molar refractivity (Wildman–Crippen MR) is 71.5 cm³/mol. The van der Waals surface area contributed by atoms with Crippen LogP contribution in [0.3, 0.4) is 0 Å². The van der Waals surface area contributed by atoms with Crippen LogP contribution in [-0.4, -0.2) is 28.4 Å². The first-order valence-electron chi connectivity index (χ1n) is 6.40. The Labute approximate surface area is 105 Å². The second kappa shape index (κ2) is 6.98. The molecule has 0 saturated carbocycles. The molecule has 1 aliphatic heterocycles. The van der Waals surface area contributed by atoms with Gasteiger partial charge in [-0.3, -0.25) is 4.90 Å². The third-order valence-corrected chi connectivity index (χ3v) is 3.74. The van der Waals surface area contributed by atoms with Gasteiger partial charge < -0.3 is 0 Å². The van der Waals surface area contributed by atoms with Crippen LogP contribution in [-0.2, 0) is 0 Å². The lowest BCUT2D eigenvalue weighted by atomic mass is 9.95. The van der Waals surface area contributed by atoms with Gasteiger partial charge in [-0.1, -0.05) is 38.9 Å². The Kier molecular flexibility index (Phi) is 5.94. The zero-order chi connectivity index (χ0) is 12.0. The highest BCUT2D eigenvalue weighted by Gasteiger charge is 2.29. The molecule has 1 saturated heterocycles. The molecule has 0 spiro atoms. The minimum absolute atomic E-state index is 0.0557. The molecule has 1 heterocycles. The topological polar surface area (TPSA) is 27.0 Å². The van der Waals surface area contributed by atoms with Crippen LogP contribution >= 0.6 is 12.2 Å². The number of hydrogen-bond donors (Lipinski definition) is 0. The van der Waals surface area contributed by atoms with Gasteiger partial charge >= 0.3 is 0 Å². The Balaban J connectivity index is 2.64. The van der Waals surface area contributed by atoms with Crippen molar-refractivity contribution in [2.24, 2.45) is 0 Å². The molecule has 0 aromatic carbocycles. The summed E-state index contributed by atoms with van der Waals surface area (Å²) in [6.45, 7) is 5.16. The predicted octanol–water partition coefficient (Wildman–Crippen LogP) is 3.31. The van der Waals surface area contributed by atoms with Gasteiger partial charge in [0.2, 0.25) is 0 Å². The Morgan fingerprint density at radius 2 is 2.31 bits per heavy atom. The average Bonchev–Trinajstić information content (AvgIpc) is 2.30. The summed E-state index contributed by atoms with van der Waals surface area (Å²) < 4.78 is 0. The molecular weight excluding hydrogens is 216 g/mol. The van der Waals surface area contributed by atoms with Gasteiger partial charge in [0.05, 0.1) is 12.1 Å². The summed E-state index contributed by atoms with van der Waals surface area (Å²) >= 11 is 5.31. The van der Waals surface area contributed by atoms with Gasteiger partial charge in [0.1, 0.15) is 0 Å². The van der Waals surface area contributed by atoms with Gasteiger partial charge in [-0.05, 0) is 25.7 Å². The van der Waals surface area contributed by atoms with Crippen molar-refractivity contribution in [1.82, 2.24) is 4.90 Å². The van der Waals surface area contributed by atoms with Gasteiger partial charge in [-0.2, -0.15) is 5.26 Å². The lowest BCUT2D eigenvalue weighted by Gasteiger charge is -2.38. The molecule has 1 aliphatic rings. The van der Waals surface area contributed by atoms with Crippen molar-refractivity contribution < 1.29 is 0 Å². The maximum absolute atomic E-state index is 9.17. The van der Waals surface area contributed by atoms with Crippen LogP contribution in [0.25, 0.3) is 0 Å². The van der Waals surface area contributed by atoms with Crippen LogP contribution in [0, 0.1) is 11.3 Å². The van der Waals surface area contributed by atoms with Gasteiger partial charge in [-0.25, -0.2) is 0 Å². The highest BCUT2D eigenvalue weighted by molar-refractivity contribution is 7.80. The van der Waals surface area contributed by atoms with E-state index in [0.29, 0.717) is 6.04 Å². The fourth-order valence-electron chi connectivity index (χ4n) is 2.42. The Morgan fingerprint density at radius 1 is 1.56 bits per heavy atom. The van der Waals surface area contributed by atoms with Gasteiger partial charge in [-0.15, -0.1) is 0 Å². The van der Waals surface area contributed by atoms with E-state index in [9.17, 15) is 5.26 Å².